The molecule has 0 radical (unpaired) electrons. The molecule has 9 nitrogen and oxygen atoms in total. The quantitative estimate of drug-likeness (QED) is 0.449. The van der Waals surface area contributed by atoms with E-state index in [0.717, 1.165) is 0 Å². The van der Waals surface area contributed by atoms with Crippen LogP contribution < -0.4 is 5.43 Å². The Kier molecular flexibility index (Phi) is 5.55. The summed E-state index contributed by atoms with van der Waals surface area (Å²) in [4.78, 5) is 24.0. The van der Waals surface area contributed by atoms with Crippen molar-refractivity contribution in [3.8, 4) is 5.75 Å². The van der Waals surface area contributed by atoms with Crippen LogP contribution in [0.4, 0.5) is 0 Å². The number of fused-ring (bicyclic) bond motifs is 1. The van der Waals surface area contributed by atoms with E-state index in [1.165, 1.54) is 19.1 Å². The summed E-state index contributed by atoms with van der Waals surface area (Å²) in [5.74, 6) is -0.501. The van der Waals surface area contributed by atoms with Gasteiger partial charge in [-0.1, -0.05) is 0 Å². The summed E-state index contributed by atoms with van der Waals surface area (Å²) >= 11 is 0. The maximum absolute atomic E-state index is 12.6. The first kappa shape index (κ1) is 20.4. The van der Waals surface area contributed by atoms with Crippen LogP contribution in [-0.4, -0.2) is 62.3 Å². The van der Waals surface area contributed by atoms with Crippen molar-refractivity contribution in [3.05, 3.63) is 39.2 Å². The number of ether oxygens (including phenoxy) is 1. The van der Waals surface area contributed by atoms with Gasteiger partial charge in [-0.15, -0.1) is 0 Å². The molecule has 1 aromatic carbocycles. The lowest BCUT2D eigenvalue weighted by molar-refractivity contribution is -0.116. The van der Waals surface area contributed by atoms with Crippen molar-refractivity contribution in [1.29, 1.82) is 0 Å². The number of aryl methyl sites for hydroxylation is 1. The van der Waals surface area contributed by atoms with Crippen LogP contribution in [-0.2, 0) is 16.0 Å². The van der Waals surface area contributed by atoms with Crippen molar-refractivity contribution >= 4 is 16.8 Å². The zero-order valence-corrected chi connectivity index (χ0v) is 15.3. The van der Waals surface area contributed by atoms with Gasteiger partial charge in [0.15, 0.2) is 5.43 Å². The Morgan fingerprint density at radius 3 is 2.54 bits per heavy atom. The molecule has 0 saturated carbocycles. The standard InChI is InChI=1S/C19H22O9/c1-7-3-10(22)14(19-16(26)15(25)17(28-19)12(24)6-20)18-13(7)11(23)5-9(27-18)4-8(2)21/h3,5,12,15-17,19-20,22,24-26H,4,6H2,1-2H3. The number of hydrogen-bond donors (Lipinski definition) is 5. The maximum Gasteiger partial charge on any atom is 0.193 e. The van der Waals surface area contributed by atoms with Gasteiger partial charge in [-0.2, -0.15) is 0 Å². The highest BCUT2D eigenvalue weighted by atomic mass is 16.6. The van der Waals surface area contributed by atoms with Gasteiger partial charge in [0.05, 0.1) is 24.0 Å². The van der Waals surface area contributed by atoms with Crippen molar-refractivity contribution in [1.82, 2.24) is 0 Å². The number of aliphatic hydroxyl groups excluding tert-OH is 4. The third-order valence-electron chi connectivity index (χ3n) is 4.84. The summed E-state index contributed by atoms with van der Waals surface area (Å²) in [7, 11) is 0. The van der Waals surface area contributed by atoms with Crippen LogP contribution in [0.3, 0.4) is 0 Å². The predicted molar refractivity (Wildman–Crippen MR) is 96.0 cm³/mol. The number of aromatic hydroxyl groups is 1. The average molecular weight is 394 g/mol. The van der Waals surface area contributed by atoms with Crippen molar-refractivity contribution in [2.45, 2.75) is 50.8 Å². The highest BCUT2D eigenvalue weighted by Crippen LogP contribution is 2.42. The molecule has 5 unspecified atom stereocenters. The average Bonchev–Trinajstić information content (AvgIpc) is 2.88. The monoisotopic (exact) mass is 394 g/mol. The number of aliphatic hydroxyl groups is 4. The van der Waals surface area contributed by atoms with Gasteiger partial charge in [0, 0.05) is 6.07 Å². The SMILES string of the molecule is CC(=O)Cc1cc(=O)c2c(C)cc(O)c(C3OC(C(O)CO)C(O)C3O)c2o1. The molecule has 5 N–H and O–H groups in total. The molecule has 1 aliphatic rings. The van der Waals surface area contributed by atoms with Gasteiger partial charge in [0.25, 0.3) is 0 Å². The first-order valence-electron chi connectivity index (χ1n) is 8.74. The number of Topliss-reactive ketones (excluding diaryl/α,β-unsaturated/α-hetero) is 1. The van der Waals surface area contributed by atoms with E-state index < -0.39 is 42.6 Å². The summed E-state index contributed by atoms with van der Waals surface area (Å²) < 4.78 is 11.2. The molecule has 1 saturated heterocycles. The number of carbonyl (C=O) groups excluding carboxylic acids is 1. The summed E-state index contributed by atoms with van der Waals surface area (Å²) in [5, 5.41) is 50.1. The van der Waals surface area contributed by atoms with E-state index in [1.54, 1.807) is 6.92 Å². The fourth-order valence-electron chi connectivity index (χ4n) is 3.55. The predicted octanol–water partition coefficient (Wildman–Crippen LogP) is -0.547. The summed E-state index contributed by atoms with van der Waals surface area (Å²) in [6, 6.07) is 2.49. The maximum atomic E-state index is 12.6. The minimum absolute atomic E-state index is 0.0726. The second kappa shape index (κ2) is 7.61. The lowest BCUT2D eigenvalue weighted by Crippen LogP contribution is -2.40. The minimum Gasteiger partial charge on any atom is -0.507 e. The Bertz CT molecular complexity index is 964. The zero-order chi connectivity index (χ0) is 20.7. The minimum atomic E-state index is -1.57. The first-order valence-corrected chi connectivity index (χ1v) is 8.74. The molecule has 0 amide bonds. The van der Waals surface area contributed by atoms with E-state index in [0.29, 0.717) is 5.56 Å². The summed E-state index contributed by atoms with van der Waals surface area (Å²) in [6.07, 6.45) is -7.36. The fraction of sp³-hybridized carbons (Fsp3) is 0.474. The highest BCUT2D eigenvalue weighted by Gasteiger charge is 2.48. The van der Waals surface area contributed by atoms with E-state index in [2.05, 4.69) is 0 Å². The van der Waals surface area contributed by atoms with Gasteiger partial charge in [0.2, 0.25) is 0 Å². The molecular weight excluding hydrogens is 372 g/mol. The van der Waals surface area contributed by atoms with Gasteiger partial charge in [0.1, 0.15) is 53.4 Å². The largest absolute Gasteiger partial charge is 0.507 e. The third-order valence-corrected chi connectivity index (χ3v) is 4.84. The van der Waals surface area contributed by atoms with Crippen LogP contribution in [0.5, 0.6) is 5.75 Å². The molecule has 5 atom stereocenters. The molecule has 2 aromatic rings. The van der Waals surface area contributed by atoms with Crippen LogP contribution in [0.1, 0.15) is 29.9 Å². The Morgan fingerprint density at radius 2 is 1.93 bits per heavy atom. The van der Waals surface area contributed by atoms with Gasteiger partial charge in [-0.05, 0) is 25.5 Å². The number of benzene rings is 1. The van der Waals surface area contributed by atoms with Gasteiger partial charge < -0.3 is 34.7 Å². The second-order valence-corrected chi connectivity index (χ2v) is 7.04. The van der Waals surface area contributed by atoms with Gasteiger partial charge in [-0.3, -0.25) is 9.59 Å². The fourth-order valence-corrected chi connectivity index (χ4v) is 3.55. The van der Waals surface area contributed by atoms with Crippen LogP contribution in [0.25, 0.3) is 11.0 Å². The molecule has 9 heteroatoms. The van der Waals surface area contributed by atoms with Crippen LogP contribution in [0.15, 0.2) is 21.3 Å². The van der Waals surface area contributed by atoms with E-state index in [1.807, 2.05) is 0 Å². The molecule has 3 rings (SSSR count). The van der Waals surface area contributed by atoms with E-state index in [4.69, 9.17) is 14.3 Å². The summed E-state index contributed by atoms with van der Waals surface area (Å²) in [6.45, 7) is 2.21. The molecule has 0 spiro atoms. The van der Waals surface area contributed by atoms with Gasteiger partial charge >= 0.3 is 0 Å². The van der Waals surface area contributed by atoms with Crippen molar-refractivity contribution in [2.75, 3.05) is 6.61 Å². The van der Waals surface area contributed by atoms with Crippen molar-refractivity contribution in [2.24, 2.45) is 0 Å². The highest BCUT2D eigenvalue weighted by molar-refractivity contribution is 5.86. The Balaban J connectivity index is 2.21. The number of phenols is 1. The zero-order valence-electron chi connectivity index (χ0n) is 15.3. The number of carbonyl (C=O) groups is 1. The molecule has 1 aromatic heterocycles. The molecule has 28 heavy (non-hydrogen) atoms. The van der Waals surface area contributed by atoms with E-state index in [9.17, 15) is 30.0 Å². The summed E-state index contributed by atoms with van der Waals surface area (Å²) in [5.41, 5.74) is -0.172. The third kappa shape index (κ3) is 3.43. The molecule has 1 aliphatic heterocycles. The molecule has 152 valence electrons. The van der Waals surface area contributed by atoms with Crippen LogP contribution >= 0.6 is 0 Å². The number of hydrogen-bond acceptors (Lipinski definition) is 9. The molecular formula is C19H22O9. The molecule has 0 aliphatic carbocycles. The molecule has 2 heterocycles. The van der Waals surface area contributed by atoms with Gasteiger partial charge in [-0.25, -0.2) is 0 Å². The van der Waals surface area contributed by atoms with Crippen LogP contribution in [0, 0.1) is 6.92 Å². The van der Waals surface area contributed by atoms with Crippen molar-refractivity contribution < 1.29 is 39.5 Å². The van der Waals surface area contributed by atoms with Crippen molar-refractivity contribution in [3.63, 3.8) is 0 Å². The second-order valence-electron chi connectivity index (χ2n) is 7.04. The topological polar surface area (TPSA) is 158 Å². The smallest absolute Gasteiger partial charge is 0.193 e. The number of ketones is 1. The Labute approximate surface area is 159 Å². The van der Waals surface area contributed by atoms with E-state index >= 15 is 0 Å². The van der Waals surface area contributed by atoms with E-state index in [-0.39, 0.29) is 40.2 Å². The van der Waals surface area contributed by atoms with Crippen LogP contribution in [0.2, 0.25) is 0 Å². The first-order chi connectivity index (χ1) is 13.1. The molecule has 0 bridgehead atoms. The Morgan fingerprint density at radius 1 is 1.25 bits per heavy atom. The lowest BCUT2D eigenvalue weighted by Gasteiger charge is -2.20. The number of phenolic OH excluding ortho intramolecular Hbond substituents is 1. The molecule has 1 fully saturated rings. The lowest BCUT2D eigenvalue weighted by atomic mass is 9.95. The Hall–Kier alpha value is -2.30. The number of rotatable bonds is 5. The normalized spacial score (nSPS) is 25.9.